The van der Waals surface area contributed by atoms with Crippen LogP contribution < -0.4 is 0 Å². The molecule has 2 aromatic carbocycles. The van der Waals surface area contributed by atoms with Crippen molar-refractivity contribution in [3.8, 4) is 22.6 Å². The van der Waals surface area contributed by atoms with Crippen molar-refractivity contribution in [2.24, 2.45) is 0 Å². The van der Waals surface area contributed by atoms with E-state index in [9.17, 15) is 13.5 Å². The van der Waals surface area contributed by atoms with Crippen LogP contribution in [0.4, 0.5) is 0 Å². The summed E-state index contributed by atoms with van der Waals surface area (Å²) in [6.07, 6.45) is 6.13. The fourth-order valence-electron chi connectivity index (χ4n) is 5.49. The molecule has 2 saturated heterocycles. The van der Waals surface area contributed by atoms with Gasteiger partial charge in [-0.2, -0.15) is 4.31 Å². The van der Waals surface area contributed by atoms with Crippen LogP contribution in [0.1, 0.15) is 50.0 Å². The molecule has 9 heteroatoms. The van der Waals surface area contributed by atoms with Gasteiger partial charge >= 0.3 is 0 Å². The number of nitrogens with one attached hydrogen (secondary N) is 1. The number of fused-ring (bicyclic) bond motifs is 2. The highest BCUT2D eigenvalue weighted by Gasteiger charge is 2.47. The number of halogens is 2. The summed E-state index contributed by atoms with van der Waals surface area (Å²) in [4.78, 5) is 7.87. The first-order chi connectivity index (χ1) is 16.3. The lowest BCUT2D eigenvalue weighted by Crippen LogP contribution is -2.47. The Morgan fingerprint density at radius 3 is 2.32 bits per heavy atom. The van der Waals surface area contributed by atoms with Crippen LogP contribution in [0.15, 0.2) is 47.5 Å². The highest BCUT2D eigenvalue weighted by Crippen LogP contribution is 2.44. The zero-order valence-electron chi connectivity index (χ0n) is 18.4. The van der Waals surface area contributed by atoms with Gasteiger partial charge in [-0.25, -0.2) is 13.4 Å². The molecule has 0 amide bonds. The number of aliphatic hydroxyl groups excluding tert-OH is 1. The molecule has 2 bridgehead atoms. The number of sulfonamides is 1. The predicted molar refractivity (Wildman–Crippen MR) is 133 cm³/mol. The number of rotatable bonds is 5. The molecule has 6 nitrogen and oxygen atoms in total. The van der Waals surface area contributed by atoms with E-state index in [1.54, 1.807) is 28.7 Å². The molecule has 6 rings (SSSR count). The number of piperidine rings is 1. The monoisotopic (exact) mass is 517 g/mol. The van der Waals surface area contributed by atoms with Crippen molar-refractivity contribution in [1.29, 1.82) is 0 Å². The molecule has 1 aromatic heterocycles. The number of aromatic nitrogens is 2. The maximum Gasteiger partial charge on any atom is 0.245 e. The van der Waals surface area contributed by atoms with Crippen LogP contribution in [0.3, 0.4) is 0 Å². The van der Waals surface area contributed by atoms with Crippen molar-refractivity contribution in [3.05, 3.63) is 58.2 Å². The van der Waals surface area contributed by atoms with E-state index >= 15 is 0 Å². The molecule has 3 fully saturated rings. The maximum absolute atomic E-state index is 13.6. The van der Waals surface area contributed by atoms with Crippen molar-refractivity contribution >= 4 is 33.2 Å². The molecular formula is C25H25Cl2N3O3S. The number of aromatic amines is 1. The molecule has 3 aromatic rings. The largest absolute Gasteiger partial charge is 0.393 e. The molecule has 2 N–H and O–H groups in total. The summed E-state index contributed by atoms with van der Waals surface area (Å²) in [5, 5.41) is 11.0. The summed E-state index contributed by atoms with van der Waals surface area (Å²) in [7, 11) is -3.81. The van der Waals surface area contributed by atoms with Crippen LogP contribution in [0.25, 0.3) is 22.6 Å². The van der Waals surface area contributed by atoms with E-state index in [1.165, 1.54) is 18.4 Å². The van der Waals surface area contributed by atoms with Gasteiger partial charge in [0, 0.05) is 28.2 Å². The standard InChI is InChI=1S/C25H25Cl2N3O3S/c26-21-8-4-16(10-24(21)34(32,33)30-17-5-6-18(30)12-19(31)11-17)25-28-13-23(29-25)15-3-7-20(14-1-2-14)22(27)9-15/h3-4,7-10,13-14,17-19,31H,1-2,5-6,11-12H2,(H,28,29)/t17-,18?,19?/m1/s1. The second kappa shape index (κ2) is 8.35. The Balaban J connectivity index is 1.32. The van der Waals surface area contributed by atoms with Gasteiger partial charge in [-0.05, 0) is 74.3 Å². The van der Waals surface area contributed by atoms with Crippen LogP contribution in [0.2, 0.25) is 10.0 Å². The molecule has 3 aliphatic rings. The quantitative estimate of drug-likeness (QED) is 0.460. The van der Waals surface area contributed by atoms with Crippen LogP contribution in [0, 0.1) is 0 Å². The minimum Gasteiger partial charge on any atom is -0.393 e. The van der Waals surface area contributed by atoms with Gasteiger partial charge < -0.3 is 10.1 Å². The first-order valence-corrected chi connectivity index (χ1v) is 13.9. The van der Waals surface area contributed by atoms with Crippen molar-refractivity contribution in [2.75, 3.05) is 0 Å². The highest BCUT2D eigenvalue weighted by molar-refractivity contribution is 7.89. The average molecular weight is 518 g/mol. The van der Waals surface area contributed by atoms with E-state index in [1.807, 2.05) is 12.1 Å². The number of H-pyrrole nitrogens is 1. The van der Waals surface area contributed by atoms with Crippen LogP contribution in [-0.4, -0.2) is 46.0 Å². The van der Waals surface area contributed by atoms with Gasteiger partial charge in [0.15, 0.2) is 0 Å². The first kappa shape index (κ1) is 22.6. The number of hydrogen-bond donors (Lipinski definition) is 2. The summed E-state index contributed by atoms with van der Waals surface area (Å²) in [6.45, 7) is 0. The van der Waals surface area contributed by atoms with E-state index < -0.39 is 16.1 Å². The number of imidazole rings is 1. The van der Waals surface area contributed by atoms with Crippen LogP contribution in [0.5, 0.6) is 0 Å². The fraction of sp³-hybridized carbons (Fsp3) is 0.400. The summed E-state index contributed by atoms with van der Waals surface area (Å²) >= 11 is 12.9. The molecular weight excluding hydrogens is 493 g/mol. The number of nitrogens with zero attached hydrogens (tertiary/aromatic N) is 2. The molecule has 2 unspecified atom stereocenters. The third kappa shape index (κ3) is 3.88. The van der Waals surface area contributed by atoms with E-state index in [-0.39, 0.29) is 22.0 Å². The molecule has 178 valence electrons. The first-order valence-electron chi connectivity index (χ1n) is 11.7. The van der Waals surface area contributed by atoms with E-state index in [2.05, 4.69) is 16.0 Å². The maximum atomic E-state index is 13.6. The number of benzene rings is 2. The Morgan fingerprint density at radius 2 is 1.65 bits per heavy atom. The third-order valence-corrected chi connectivity index (χ3v) is 10.1. The predicted octanol–water partition coefficient (Wildman–Crippen LogP) is 5.60. The van der Waals surface area contributed by atoms with Gasteiger partial charge in [-0.1, -0.05) is 35.3 Å². The molecule has 3 heterocycles. The average Bonchev–Trinajstić information content (AvgIpc) is 3.44. The topological polar surface area (TPSA) is 86.3 Å². The molecule has 1 aliphatic carbocycles. The van der Waals surface area contributed by atoms with E-state index in [4.69, 9.17) is 23.2 Å². The zero-order chi connectivity index (χ0) is 23.6. The minimum absolute atomic E-state index is 0.0785. The minimum atomic E-state index is -3.81. The Bertz CT molecular complexity index is 1360. The lowest BCUT2D eigenvalue weighted by Gasteiger charge is -2.36. The molecule has 2 aliphatic heterocycles. The highest BCUT2D eigenvalue weighted by atomic mass is 35.5. The van der Waals surface area contributed by atoms with Gasteiger partial charge in [0.1, 0.15) is 10.7 Å². The second-order valence-corrected chi connectivity index (χ2v) is 12.3. The Kier molecular flexibility index (Phi) is 5.54. The second-order valence-electron chi connectivity index (χ2n) is 9.65. The Morgan fingerprint density at radius 1 is 0.941 bits per heavy atom. The van der Waals surface area contributed by atoms with E-state index in [0.29, 0.717) is 30.1 Å². The van der Waals surface area contributed by atoms with Crippen molar-refractivity contribution < 1.29 is 13.5 Å². The summed E-state index contributed by atoms with van der Waals surface area (Å²) in [6, 6.07) is 10.7. The molecule has 34 heavy (non-hydrogen) atoms. The Labute approximate surface area is 209 Å². The normalized spacial score (nSPS) is 25.1. The summed E-state index contributed by atoms with van der Waals surface area (Å²) in [5.41, 5.74) is 3.57. The van der Waals surface area contributed by atoms with Crippen molar-refractivity contribution in [1.82, 2.24) is 14.3 Å². The lowest BCUT2D eigenvalue weighted by atomic mass is 10.0. The van der Waals surface area contributed by atoms with Crippen molar-refractivity contribution in [3.63, 3.8) is 0 Å². The number of hydrogen-bond acceptors (Lipinski definition) is 4. The third-order valence-electron chi connectivity index (χ3n) is 7.31. The van der Waals surface area contributed by atoms with Gasteiger partial charge in [-0.15, -0.1) is 0 Å². The fourth-order valence-corrected chi connectivity index (χ4v) is 8.22. The molecule has 0 radical (unpaired) electrons. The van der Waals surface area contributed by atoms with Gasteiger partial charge in [-0.3, -0.25) is 0 Å². The smallest absolute Gasteiger partial charge is 0.245 e. The molecule has 0 spiro atoms. The van der Waals surface area contributed by atoms with Crippen LogP contribution in [-0.2, 0) is 10.0 Å². The van der Waals surface area contributed by atoms with Gasteiger partial charge in [0.2, 0.25) is 10.0 Å². The SMILES string of the molecule is O=S(=O)(c1cc(-c2ncc(-c3ccc(C4CC4)c(Cl)c3)[nH]2)ccc1Cl)N1C2CC[C@@H]1CC(O)C2. The number of aliphatic hydroxyl groups is 1. The van der Waals surface area contributed by atoms with Gasteiger partial charge in [0.25, 0.3) is 0 Å². The van der Waals surface area contributed by atoms with Crippen molar-refractivity contribution in [2.45, 2.75) is 67.5 Å². The summed E-state index contributed by atoms with van der Waals surface area (Å²) in [5.74, 6) is 1.13. The summed E-state index contributed by atoms with van der Waals surface area (Å²) < 4.78 is 28.8. The lowest BCUT2D eigenvalue weighted by molar-refractivity contribution is 0.0769. The molecule has 3 atom stereocenters. The van der Waals surface area contributed by atoms with E-state index in [0.717, 1.165) is 29.1 Å². The van der Waals surface area contributed by atoms with Gasteiger partial charge in [0.05, 0.1) is 23.0 Å². The molecule has 1 saturated carbocycles. The zero-order valence-corrected chi connectivity index (χ0v) is 20.7. The van der Waals surface area contributed by atoms with Crippen LogP contribution >= 0.6 is 23.2 Å². The Hall–Kier alpha value is -1.90.